The van der Waals surface area contributed by atoms with Gasteiger partial charge in [0.2, 0.25) is 0 Å². The van der Waals surface area contributed by atoms with Crippen molar-refractivity contribution in [1.29, 1.82) is 0 Å². The van der Waals surface area contributed by atoms with Crippen molar-refractivity contribution in [1.82, 2.24) is 4.90 Å². The van der Waals surface area contributed by atoms with Gasteiger partial charge in [0.05, 0.1) is 12.9 Å². The predicted molar refractivity (Wildman–Crippen MR) is 62.6 cm³/mol. The largest absolute Gasteiger partial charge is 0.336 e. The van der Waals surface area contributed by atoms with Crippen LogP contribution in [0.3, 0.4) is 0 Å². The fourth-order valence-corrected chi connectivity index (χ4v) is 1.65. The van der Waals surface area contributed by atoms with Crippen molar-refractivity contribution >= 4 is 6.34 Å². The summed E-state index contributed by atoms with van der Waals surface area (Å²) in [5.74, 6) is 0. The molecule has 2 rings (SSSR count). The molecule has 1 fully saturated rings. The fourth-order valence-electron chi connectivity index (χ4n) is 1.65. The molecule has 80 valence electrons. The van der Waals surface area contributed by atoms with Gasteiger partial charge in [0.25, 0.3) is 0 Å². The van der Waals surface area contributed by atoms with Crippen molar-refractivity contribution in [3.8, 4) is 0 Å². The quantitative estimate of drug-likeness (QED) is 0.626. The molecule has 0 spiro atoms. The molecule has 2 nitrogen and oxygen atoms in total. The molecule has 0 aromatic rings. The smallest absolute Gasteiger partial charge is 0.0895 e. The molecule has 0 N–H and O–H groups in total. The average Bonchev–Trinajstić information content (AvgIpc) is 2.68. The van der Waals surface area contributed by atoms with E-state index in [9.17, 15) is 0 Å². The first kappa shape index (κ1) is 11.3. The molecule has 0 radical (unpaired) electrons. The number of allylic oxidation sites excluding steroid dienone is 1. The van der Waals surface area contributed by atoms with Crippen LogP contribution in [0.2, 0.25) is 0 Å². The number of fused-ring (bicyclic) bond motifs is 1. The molecule has 2 aliphatic rings. The second kappa shape index (κ2) is 5.84. The zero-order valence-corrected chi connectivity index (χ0v) is 9.71. The monoisotopic (exact) mass is 194 g/mol. The number of aliphatic imine (C=N–C) groups is 1. The standard InChI is InChI=1S/C8H12N2.C4H10/c1-7-5-9-6-10-4-2-3-8(7)10;1-3-4-2/h6H,2-5H2,1H3;3-4H2,1-2H3. The summed E-state index contributed by atoms with van der Waals surface area (Å²) in [7, 11) is 0. The zero-order chi connectivity index (χ0) is 10.4. The van der Waals surface area contributed by atoms with E-state index in [1.165, 1.54) is 43.5 Å². The summed E-state index contributed by atoms with van der Waals surface area (Å²) in [4.78, 5) is 6.52. The van der Waals surface area contributed by atoms with Gasteiger partial charge in [-0.3, -0.25) is 4.99 Å². The Kier molecular flexibility index (Phi) is 4.71. The molecule has 2 heterocycles. The molecule has 2 heteroatoms. The lowest BCUT2D eigenvalue weighted by molar-refractivity contribution is 0.584. The van der Waals surface area contributed by atoms with E-state index in [0.29, 0.717) is 0 Å². The first-order valence-electron chi connectivity index (χ1n) is 5.74. The van der Waals surface area contributed by atoms with E-state index in [1.54, 1.807) is 0 Å². The predicted octanol–water partition coefficient (Wildman–Crippen LogP) is 3.20. The molecule has 0 bridgehead atoms. The molecule has 0 aromatic carbocycles. The van der Waals surface area contributed by atoms with Gasteiger partial charge in [-0.2, -0.15) is 0 Å². The number of unbranched alkanes of at least 4 members (excludes halogenated alkanes) is 1. The minimum atomic E-state index is 0.922. The van der Waals surface area contributed by atoms with Crippen LogP contribution in [0, 0.1) is 0 Å². The highest BCUT2D eigenvalue weighted by atomic mass is 15.2. The normalized spacial score (nSPS) is 19.2. The third-order valence-electron chi connectivity index (χ3n) is 2.70. The maximum Gasteiger partial charge on any atom is 0.0895 e. The Labute approximate surface area is 87.7 Å². The van der Waals surface area contributed by atoms with Gasteiger partial charge in [-0.15, -0.1) is 0 Å². The van der Waals surface area contributed by atoms with Crippen molar-refractivity contribution in [2.75, 3.05) is 13.1 Å². The maximum atomic E-state index is 4.24. The Morgan fingerprint density at radius 3 is 2.64 bits per heavy atom. The zero-order valence-electron chi connectivity index (χ0n) is 9.71. The van der Waals surface area contributed by atoms with Crippen molar-refractivity contribution in [3.63, 3.8) is 0 Å². The molecule has 0 amide bonds. The lowest BCUT2D eigenvalue weighted by atomic mass is 10.2. The Balaban J connectivity index is 0.000000213. The van der Waals surface area contributed by atoms with Crippen LogP contribution in [0.15, 0.2) is 16.3 Å². The Morgan fingerprint density at radius 2 is 2.07 bits per heavy atom. The lowest BCUT2D eigenvalue weighted by Gasteiger charge is -2.19. The molecule has 0 aliphatic carbocycles. The van der Waals surface area contributed by atoms with Gasteiger partial charge in [0, 0.05) is 12.2 Å². The third-order valence-corrected chi connectivity index (χ3v) is 2.70. The summed E-state index contributed by atoms with van der Waals surface area (Å²) in [6.07, 6.45) is 7.19. The number of nitrogens with zero attached hydrogens (tertiary/aromatic N) is 2. The highest BCUT2D eigenvalue weighted by Crippen LogP contribution is 2.24. The van der Waals surface area contributed by atoms with E-state index in [-0.39, 0.29) is 0 Å². The maximum absolute atomic E-state index is 4.24. The summed E-state index contributed by atoms with van der Waals surface area (Å²) in [5, 5.41) is 0. The second-order valence-electron chi connectivity index (χ2n) is 3.98. The van der Waals surface area contributed by atoms with Crippen molar-refractivity contribution in [2.24, 2.45) is 4.99 Å². The van der Waals surface area contributed by atoms with Crippen molar-refractivity contribution in [2.45, 2.75) is 46.5 Å². The molecule has 0 saturated carbocycles. The van der Waals surface area contributed by atoms with Gasteiger partial charge in [0.1, 0.15) is 0 Å². The number of hydrogen-bond donors (Lipinski definition) is 0. The molecule has 0 unspecified atom stereocenters. The lowest BCUT2D eigenvalue weighted by Crippen LogP contribution is -2.20. The van der Waals surface area contributed by atoms with Crippen molar-refractivity contribution < 1.29 is 0 Å². The van der Waals surface area contributed by atoms with Gasteiger partial charge in [0.15, 0.2) is 0 Å². The molecular formula is C12H22N2. The Hall–Kier alpha value is -0.790. The van der Waals surface area contributed by atoms with E-state index in [0.717, 1.165) is 6.54 Å². The minimum Gasteiger partial charge on any atom is -0.336 e. The van der Waals surface area contributed by atoms with Gasteiger partial charge in [-0.25, -0.2) is 0 Å². The summed E-state index contributed by atoms with van der Waals surface area (Å²) in [6.45, 7) is 8.64. The topological polar surface area (TPSA) is 15.6 Å². The minimum absolute atomic E-state index is 0.922. The van der Waals surface area contributed by atoms with Gasteiger partial charge < -0.3 is 4.90 Å². The summed E-state index contributed by atoms with van der Waals surface area (Å²) < 4.78 is 0. The van der Waals surface area contributed by atoms with E-state index < -0.39 is 0 Å². The SMILES string of the molecule is CC1=C2CCCN2C=NC1.CCCC. The highest BCUT2D eigenvalue weighted by molar-refractivity contribution is 5.61. The van der Waals surface area contributed by atoms with E-state index in [4.69, 9.17) is 0 Å². The van der Waals surface area contributed by atoms with Crippen LogP contribution in [0.5, 0.6) is 0 Å². The molecule has 1 saturated heterocycles. The number of hydrogen-bond acceptors (Lipinski definition) is 2. The molecule has 14 heavy (non-hydrogen) atoms. The molecule has 0 atom stereocenters. The van der Waals surface area contributed by atoms with Crippen LogP contribution in [0.25, 0.3) is 0 Å². The van der Waals surface area contributed by atoms with E-state index in [2.05, 4.69) is 30.7 Å². The molecular weight excluding hydrogens is 172 g/mol. The highest BCUT2D eigenvalue weighted by Gasteiger charge is 2.19. The van der Waals surface area contributed by atoms with Crippen LogP contribution >= 0.6 is 0 Å². The van der Waals surface area contributed by atoms with Crippen LogP contribution in [0.4, 0.5) is 0 Å². The van der Waals surface area contributed by atoms with Crippen LogP contribution < -0.4 is 0 Å². The van der Waals surface area contributed by atoms with Gasteiger partial charge in [-0.05, 0) is 25.3 Å². The fraction of sp³-hybridized carbons (Fsp3) is 0.750. The summed E-state index contributed by atoms with van der Waals surface area (Å²) in [6, 6.07) is 0. The average molecular weight is 194 g/mol. The summed E-state index contributed by atoms with van der Waals surface area (Å²) >= 11 is 0. The van der Waals surface area contributed by atoms with Crippen LogP contribution in [0.1, 0.15) is 46.5 Å². The van der Waals surface area contributed by atoms with E-state index >= 15 is 0 Å². The molecule has 2 aliphatic heterocycles. The Morgan fingerprint density at radius 1 is 1.36 bits per heavy atom. The van der Waals surface area contributed by atoms with Crippen LogP contribution in [-0.2, 0) is 0 Å². The second-order valence-corrected chi connectivity index (χ2v) is 3.98. The van der Waals surface area contributed by atoms with Gasteiger partial charge >= 0.3 is 0 Å². The third kappa shape index (κ3) is 2.86. The van der Waals surface area contributed by atoms with Crippen LogP contribution in [-0.4, -0.2) is 24.3 Å². The van der Waals surface area contributed by atoms with Gasteiger partial charge in [-0.1, -0.05) is 26.7 Å². The first-order chi connectivity index (χ1) is 6.79. The first-order valence-corrected chi connectivity index (χ1v) is 5.74. The number of rotatable bonds is 1. The molecule has 0 aromatic heterocycles. The Bertz CT molecular complexity index is 226. The van der Waals surface area contributed by atoms with E-state index in [1.807, 2.05) is 6.34 Å². The van der Waals surface area contributed by atoms with Crippen molar-refractivity contribution in [3.05, 3.63) is 11.3 Å². The summed E-state index contributed by atoms with van der Waals surface area (Å²) in [5.41, 5.74) is 2.98.